The van der Waals surface area contributed by atoms with Gasteiger partial charge in [-0.3, -0.25) is 47.9 Å². The number of aromatic amines is 1. The number of benzene rings is 1. The Hall–Kier alpha value is -7.35. The van der Waals surface area contributed by atoms with Crippen molar-refractivity contribution in [1.82, 2.24) is 14.9 Å². The van der Waals surface area contributed by atoms with Gasteiger partial charge >= 0.3 is 29.4 Å². The van der Waals surface area contributed by atoms with Crippen LogP contribution in [0.3, 0.4) is 0 Å². The maximum absolute atomic E-state index is 14.9. The molecule has 0 radical (unpaired) electrons. The van der Waals surface area contributed by atoms with E-state index < -0.39 is 141 Å². The number of Topliss-reactive ketones (excluding diaryl/α,β-unsaturated/α-hetero) is 3. The van der Waals surface area contributed by atoms with E-state index in [1.54, 1.807) is 19.9 Å². The molecule has 3 N–H and O–H groups in total. The molecule has 2 saturated heterocycles. The largest absolute Gasteiger partial charge is 0.507 e. The van der Waals surface area contributed by atoms with Crippen LogP contribution < -0.4 is 21.3 Å². The highest BCUT2D eigenvalue weighted by atomic mass is 32.2. The number of nitrogens with zero attached hydrogens (tertiary/aromatic N) is 4. The van der Waals surface area contributed by atoms with Crippen LogP contribution in [0, 0.1) is 37.5 Å². The van der Waals surface area contributed by atoms with Gasteiger partial charge < -0.3 is 53.1 Å². The molecule has 0 spiro atoms. The Morgan fingerprint density at radius 2 is 1.60 bits per heavy atom. The number of azide groups is 1. The van der Waals surface area contributed by atoms with Crippen molar-refractivity contribution >= 4 is 52.9 Å². The number of rotatable bonds is 14. The summed E-state index contributed by atoms with van der Waals surface area (Å²) in [6, 6.07) is -0.818. The number of methoxy groups -OCH3 is 1. The summed E-state index contributed by atoms with van der Waals surface area (Å²) in [6.45, 7) is 17.6. The highest BCUT2D eigenvalue weighted by molar-refractivity contribution is 8.04. The molecule has 0 unspecified atom stereocenters. The number of nitrogens with one attached hydrogen (secondary N) is 2. The number of phenolic OH excluding ortho intramolecular Hbond substituents is 1. The van der Waals surface area contributed by atoms with Crippen molar-refractivity contribution in [1.29, 1.82) is 0 Å². The number of allylic oxidation sites excluding steroid dienone is 4. The zero-order chi connectivity index (χ0) is 61.0. The van der Waals surface area contributed by atoms with Gasteiger partial charge in [0, 0.05) is 97.5 Å². The van der Waals surface area contributed by atoms with Crippen LogP contribution in [0.25, 0.3) is 10.4 Å². The predicted molar refractivity (Wildman–Crippen MR) is 296 cm³/mol. The van der Waals surface area contributed by atoms with Crippen LogP contribution in [0.4, 0.5) is 0 Å². The molecule has 25 nitrogen and oxygen atoms in total. The number of carbonyl (C=O) groups excluding carboxylic acids is 7. The van der Waals surface area contributed by atoms with Gasteiger partial charge in [-0.2, -0.15) is 0 Å². The Balaban J connectivity index is 1.10. The molecule has 7 bridgehead atoms. The second-order valence-electron chi connectivity index (χ2n) is 21.8. The van der Waals surface area contributed by atoms with Crippen LogP contribution in [-0.2, 0) is 57.1 Å². The number of esters is 3. The van der Waals surface area contributed by atoms with E-state index in [2.05, 4.69) is 20.3 Å². The van der Waals surface area contributed by atoms with Crippen LogP contribution in [0.5, 0.6) is 11.5 Å². The zero-order valence-electron chi connectivity index (χ0n) is 48.3. The first kappa shape index (κ1) is 63.2. The highest BCUT2D eigenvalue weighted by Gasteiger charge is 2.53. The number of aromatic nitrogens is 2. The molecular formula is C57H70N6O19S. The van der Waals surface area contributed by atoms with Gasteiger partial charge in [-0.25, -0.2) is 4.79 Å². The smallest absolute Gasteiger partial charge is 0.330 e. The summed E-state index contributed by atoms with van der Waals surface area (Å²) in [7, 11) is 1.46. The number of thioether (sulfide) groups is 1. The number of hydrogen-bond acceptors (Lipinski definition) is 21. The van der Waals surface area contributed by atoms with Crippen molar-refractivity contribution in [2.24, 2.45) is 28.8 Å². The SMILES string of the molecule is CO[C@H]1/C=C/O[C@@]2(C)Oc3c(C)c(O)c4c(c3C2=O)C(=O)C(SCCOC(=O)CCCC(=O)OC[C@H]2O[C@@H](n3cc(C)c(=O)[nH]c3=O)C[C@@H]2N=[N+]=[N-])=C(NC(=O)/C(C)=C\C=C\[C@H](C)[C@@H]2OC(C)(C)O[C@@H]([C@@H](C)[C@H](OC(C)=O)[C@@H]1C)[C@@H]2C)C4=O. The lowest BCUT2D eigenvalue weighted by molar-refractivity contribution is -0.336. The molecular weight excluding hydrogens is 1100 g/mol. The second-order valence-corrected chi connectivity index (χ2v) is 22.9. The summed E-state index contributed by atoms with van der Waals surface area (Å²) in [4.78, 5) is 126. The second kappa shape index (κ2) is 26.1. The lowest BCUT2D eigenvalue weighted by Gasteiger charge is -2.50. The molecule has 5 aliphatic heterocycles. The van der Waals surface area contributed by atoms with E-state index in [0.29, 0.717) is 0 Å². The van der Waals surface area contributed by atoms with Crippen LogP contribution in [-0.4, -0.2) is 130 Å². The number of amides is 1. The summed E-state index contributed by atoms with van der Waals surface area (Å²) < 4.78 is 54.9. The molecule has 12 atom stereocenters. The van der Waals surface area contributed by atoms with Gasteiger partial charge in [0.1, 0.15) is 48.8 Å². The summed E-state index contributed by atoms with van der Waals surface area (Å²) in [5.41, 5.74) is 6.17. The number of aryl methyl sites for hydroxylation is 1. The Bertz CT molecular complexity index is 3250. The van der Waals surface area contributed by atoms with Crippen molar-refractivity contribution in [2.75, 3.05) is 26.1 Å². The van der Waals surface area contributed by atoms with Gasteiger partial charge in [0.25, 0.3) is 17.2 Å². The number of hydrogen-bond donors (Lipinski definition) is 3. The molecule has 2 aromatic rings. The van der Waals surface area contributed by atoms with Gasteiger partial charge in [-0.05, 0) is 52.6 Å². The van der Waals surface area contributed by atoms with E-state index in [9.17, 15) is 48.3 Å². The Kier molecular flexibility index (Phi) is 19.9. The van der Waals surface area contributed by atoms with Crippen molar-refractivity contribution in [3.05, 3.63) is 112 Å². The molecule has 6 aliphatic rings. The van der Waals surface area contributed by atoms with Crippen LogP contribution in [0.2, 0.25) is 0 Å². The van der Waals surface area contributed by atoms with E-state index in [1.165, 1.54) is 66.3 Å². The monoisotopic (exact) mass is 1170 g/mol. The summed E-state index contributed by atoms with van der Waals surface area (Å²) >= 11 is 0.742. The third kappa shape index (κ3) is 13.7. The van der Waals surface area contributed by atoms with Gasteiger partial charge in [-0.15, -0.1) is 11.8 Å². The minimum atomic E-state index is -2.17. The topological polar surface area (TPSA) is 338 Å². The quantitative estimate of drug-likeness (QED) is 0.0449. The molecule has 448 valence electrons. The van der Waals surface area contributed by atoms with Gasteiger partial charge in [0.15, 0.2) is 5.79 Å². The molecule has 1 aliphatic carbocycles. The van der Waals surface area contributed by atoms with Crippen molar-refractivity contribution < 1.29 is 81.3 Å². The standard InChI is InChI=1S/C57H70N6O19S/c1-26-15-13-16-27(2)53(71)59-43-45(68)41-40(46(69)51(43)83-22-21-75-38(65)17-14-18-39(66)76-25-36-34(61-62-58)23-37(79-36)63-24-28(3)54(72)60-55(63)73)42-50(30(5)44(41)67)82-57(11,52(42)70)77-20-19-35(74-12)29(4)48(78-33(8)64)32(7)49-31(6)47(26)80-56(9,10)81-49/h13,15-16,19-20,24,26,29,31-32,34-37,47-49,67H,14,17-18,21-23,25H2,1-12H3,(H,59,71)(H,60,72,73)/b15-13+,20-19+,27-16-/t26-,29+,31+,32-,34-,35-,36+,37+,47-,48+,49+,57-/m0/s1. The van der Waals surface area contributed by atoms with Crippen molar-refractivity contribution in [3.8, 4) is 11.5 Å². The number of fused-ring (bicyclic) bond motifs is 10. The average molecular weight is 1180 g/mol. The number of ketones is 3. The summed E-state index contributed by atoms with van der Waals surface area (Å²) in [6.07, 6.45) is 4.25. The molecule has 1 amide bonds. The maximum atomic E-state index is 14.9. The van der Waals surface area contributed by atoms with E-state index in [4.69, 9.17) is 48.2 Å². The highest BCUT2D eigenvalue weighted by Crippen LogP contribution is 2.50. The first-order valence-corrected chi connectivity index (χ1v) is 28.1. The van der Waals surface area contributed by atoms with E-state index in [1.807, 2.05) is 33.8 Å². The zero-order valence-corrected chi connectivity index (χ0v) is 49.1. The minimum Gasteiger partial charge on any atom is -0.507 e. The summed E-state index contributed by atoms with van der Waals surface area (Å²) in [5, 5.41) is 18.0. The Morgan fingerprint density at radius 1 is 0.916 bits per heavy atom. The van der Waals surface area contributed by atoms with Gasteiger partial charge in [-0.1, -0.05) is 51.0 Å². The molecule has 1 aromatic heterocycles. The van der Waals surface area contributed by atoms with Crippen LogP contribution in [0.1, 0.15) is 136 Å². The molecule has 1 aromatic carbocycles. The number of phenols is 1. The van der Waals surface area contributed by atoms with Crippen LogP contribution >= 0.6 is 11.8 Å². The fraction of sp³-hybridized carbons (Fsp3) is 0.561. The Labute approximate surface area is 482 Å². The van der Waals surface area contributed by atoms with E-state index in [-0.39, 0.29) is 89.4 Å². The number of carbonyl (C=O) groups is 7. The normalized spacial score (nSPS) is 30.2. The van der Waals surface area contributed by atoms with E-state index >= 15 is 0 Å². The fourth-order valence-electron chi connectivity index (χ4n) is 10.9. The third-order valence-electron chi connectivity index (χ3n) is 15.3. The predicted octanol–water partition coefficient (Wildman–Crippen LogP) is 6.57. The molecule has 6 heterocycles. The van der Waals surface area contributed by atoms with Gasteiger partial charge in [0.2, 0.25) is 11.6 Å². The Morgan fingerprint density at radius 3 is 2.28 bits per heavy atom. The number of aromatic hydroxyl groups is 1. The maximum Gasteiger partial charge on any atom is 0.330 e. The minimum absolute atomic E-state index is 0.0115. The van der Waals surface area contributed by atoms with Gasteiger partial charge in [0.05, 0.1) is 52.2 Å². The molecule has 26 heteroatoms. The fourth-order valence-corrected chi connectivity index (χ4v) is 11.8. The lowest BCUT2D eigenvalue weighted by atomic mass is 9.77. The first-order valence-electron chi connectivity index (χ1n) is 27.1. The third-order valence-corrected chi connectivity index (χ3v) is 16.3. The van der Waals surface area contributed by atoms with Crippen molar-refractivity contribution in [2.45, 2.75) is 156 Å². The van der Waals surface area contributed by atoms with Crippen LogP contribution in [0.15, 0.2) is 67.6 Å². The number of ether oxygens (including phenoxy) is 9. The molecule has 8 rings (SSSR count). The average Bonchev–Trinajstić information content (AvgIpc) is 1.84. The first-order chi connectivity index (χ1) is 39.1. The van der Waals surface area contributed by atoms with Crippen molar-refractivity contribution in [3.63, 3.8) is 0 Å². The number of H-pyrrole nitrogens is 1. The summed E-state index contributed by atoms with van der Waals surface area (Å²) in [5.74, 6) is -11.4. The lowest BCUT2D eigenvalue weighted by Crippen LogP contribution is -2.56. The molecule has 0 saturated carbocycles. The molecule has 2 fully saturated rings. The van der Waals surface area contributed by atoms with E-state index in [0.717, 1.165) is 16.3 Å². The molecule has 83 heavy (non-hydrogen) atoms.